The zero-order chi connectivity index (χ0) is 10.9. The second-order valence-corrected chi connectivity index (χ2v) is 3.80. The van der Waals surface area contributed by atoms with E-state index in [1.165, 1.54) is 5.56 Å². The topological polar surface area (TPSA) is 21.3 Å². The molecule has 1 aromatic rings. The Morgan fingerprint density at radius 3 is 2.60 bits per heavy atom. The predicted molar refractivity (Wildman–Crippen MR) is 64.1 cm³/mol. The average Bonchev–Trinajstić information content (AvgIpc) is 2.28. The van der Waals surface area contributed by atoms with Crippen molar-refractivity contribution >= 4 is 0 Å². The van der Waals surface area contributed by atoms with Crippen molar-refractivity contribution in [3.8, 4) is 0 Å². The molecule has 15 heavy (non-hydrogen) atoms. The highest BCUT2D eigenvalue weighted by atomic mass is 16.5. The molecular formula is C13H21NO. The molecule has 84 valence electrons. The van der Waals surface area contributed by atoms with Crippen molar-refractivity contribution in [2.24, 2.45) is 0 Å². The van der Waals surface area contributed by atoms with E-state index in [1.807, 2.05) is 6.07 Å². The second kappa shape index (κ2) is 7.43. The Bertz CT molecular complexity index is 248. The third-order valence-electron chi connectivity index (χ3n) is 2.38. The minimum Gasteiger partial charge on any atom is -0.383 e. The number of rotatable bonds is 7. The summed E-state index contributed by atoms with van der Waals surface area (Å²) in [6, 6.07) is 11.0. The first kappa shape index (κ1) is 12.2. The minimum atomic E-state index is 0.428. The molecule has 0 aliphatic carbocycles. The maximum atomic E-state index is 5.21. The van der Waals surface area contributed by atoms with Crippen LogP contribution in [0.2, 0.25) is 0 Å². The summed E-state index contributed by atoms with van der Waals surface area (Å²) >= 11 is 0. The van der Waals surface area contributed by atoms with E-state index in [0.717, 1.165) is 26.0 Å². The second-order valence-electron chi connectivity index (χ2n) is 3.80. The number of ether oxygens (including phenoxy) is 1. The van der Waals surface area contributed by atoms with Gasteiger partial charge in [0.05, 0.1) is 6.61 Å². The van der Waals surface area contributed by atoms with Gasteiger partial charge in [0.15, 0.2) is 0 Å². The molecule has 1 N–H and O–H groups in total. The highest BCUT2D eigenvalue weighted by Gasteiger charge is 2.07. The van der Waals surface area contributed by atoms with Crippen LogP contribution in [0, 0.1) is 0 Å². The van der Waals surface area contributed by atoms with E-state index in [4.69, 9.17) is 4.74 Å². The molecule has 0 heterocycles. The van der Waals surface area contributed by atoms with Gasteiger partial charge in [0.2, 0.25) is 0 Å². The minimum absolute atomic E-state index is 0.428. The summed E-state index contributed by atoms with van der Waals surface area (Å²) < 4.78 is 5.21. The van der Waals surface area contributed by atoms with Gasteiger partial charge in [-0.1, -0.05) is 37.3 Å². The highest BCUT2D eigenvalue weighted by Crippen LogP contribution is 2.03. The quantitative estimate of drug-likeness (QED) is 0.740. The molecular weight excluding hydrogens is 186 g/mol. The SMILES string of the molecule is CCCNC(COC)Cc1ccccc1. The van der Waals surface area contributed by atoms with E-state index in [1.54, 1.807) is 7.11 Å². The molecule has 0 radical (unpaired) electrons. The fourth-order valence-electron chi connectivity index (χ4n) is 1.64. The molecule has 0 aliphatic heterocycles. The zero-order valence-electron chi connectivity index (χ0n) is 9.70. The van der Waals surface area contributed by atoms with E-state index in [0.29, 0.717) is 6.04 Å². The third kappa shape index (κ3) is 4.96. The molecule has 2 heteroatoms. The van der Waals surface area contributed by atoms with Gasteiger partial charge in [-0.15, -0.1) is 0 Å². The average molecular weight is 207 g/mol. The lowest BCUT2D eigenvalue weighted by atomic mass is 10.1. The maximum Gasteiger partial charge on any atom is 0.0619 e. The molecule has 0 amide bonds. The van der Waals surface area contributed by atoms with Gasteiger partial charge in [-0.2, -0.15) is 0 Å². The largest absolute Gasteiger partial charge is 0.383 e. The lowest BCUT2D eigenvalue weighted by Crippen LogP contribution is -2.35. The Kier molecular flexibility index (Phi) is 6.05. The van der Waals surface area contributed by atoms with Crippen molar-refractivity contribution in [3.05, 3.63) is 35.9 Å². The molecule has 1 unspecified atom stereocenters. The Morgan fingerprint density at radius 2 is 2.00 bits per heavy atom. The van der Waals surface area contributed by atoms with Crippen LogP contribution in [0.5, 0.6) is 0 Å². The van der Waals surface area contributed by atoms with Crippen LogP contribution in [0.25, 0.3) is 0 Å². The lowest BCUT2D eigenvalue weighted by Gasteiger charge is -2.17. The van der Waals surface area contributed by atoms with E-state index in [-0.39, 0.29) is 0 Å². The van der Waals surface area contributed by atoms with Crippen molar-refractivity contribution in [1.82, 2.24) is 5.32 Å². The standard InChI is InChI=1S/C13H21NO/c1-3-9-14-13(11-15-2)10-12-7-5-4-6-8-12/h4-8,13-14H,3,9-11H2,1-2H3. The summed E-state index contributed by atoms with van der Waals surface area (Å²) in [7, 11) is 1.76. The zero-order valence-corrected chi connectivity index (χ0v) is 9.70. The molecule has 0 saturated heterocycles. The summed E-state index contributed by atoms with van der Waals surface area (Å²) in [5, 5.41) is 3.49. The van der Waals surface area contributed by atoms with E-state index >= 15 is 0 Å². The number of methoxy groups -OCH3 is 1. The summed E-state index contributed by atoms with van der Waals surface area (Å²) in [5.41, 5.74) is 1.36. The number of nitrogens with one attached hydrogen (secondary N) is 1. The van der Waals surface area contributed by atoms with Crippen molar-refractivity contribution in [2.75, 3.05) is 20.3 Å². The third-order valence-corrected chi connectivity index (χ3v) is 2.38. The van der Waals surface area contributed by atoms with E-state index < -0.39 is 0 Å². The van der Waals surface area contributed by atoms with Gasteiger partial charge in [-0.3, -0.25) is 0 Å². The number of benzene rings is 1. The molecule has 1 atom stereocenters. The summed E-state index contributed by atoms with van der Waals surface area (Å²) in [4.78, 5) is 0. The smallest absolute Gasteiger partial charge is 0.0619 e. The molecule has 2 nitrogen and oxygen atoms in total. The van der Waals surface area contributed by atoms with Crippen LogP contribution in [0.15, 0.2) is 30.3 Å². The van der Waals surface area contributed by atoms with Crippen LogP contribution in [-0.4, -0.2) is 26.3 Å². The van der Waals surface area contributed by atoms with Gasteiger partial charge in [0, 0.05) is 13.2 Å². The van der Waals surface area contributed by atoms with Crippen LogP contribution in [0.3, 0.4) is 0 Å². The first-order valence-electron chi connectivity index (χ1n) is 5.63. The van der Waals surface area contributed by atoms with Crippen LogP contribution < -0.4 is 5.32 Å². The summed E-state index contributed by atoms with van der Waals surface area (Å²) in [6.45, 7) is 4.01. The van der Waals surface area contributed by atoms with Crippen LogP contribution >= 0.6 is 0 Å². The number of hydrogen-bond donors (Lipinski definition) is 1. The predicted octanol–water partition coefficient (Wildman–Crippen LogP) is 2.24. The first-order chi connectivity index (χ1) is 7.36. The molecule has 0 aliphatic rings. The van der Waals surface area contributed by atoms with Crippen molar-refractivity contribution in [1.29, 1.82) is 0 Å². The van der Waals surface area contributed by atoms with Gasteiger partial charge in [0.1, 0.15) is 0 Å². The maximum absolute atomic E-state index is 5.21. The van der Waals surface area contributed by atoms with Crippen LogP contribution in [0.1, 0.15) is 18.9 Å². The molecule has 0 bridgehead atoms. The van der Waals surface area contributed by atoms with Crippen molar-refractivity contribution < 1.29 is 4.74 Å². The molecule has 0 aromatic heterocycles. The molecule has 0 fully saturated rings. The fraction of sp³-hybridized carbons (Fsp3) is 0.538. The Balaban J connectivity index is 2.43. The summed E-state index contributed by atoms with van der Waals surface area (Å²) in [5.74, 6) is 0. The van der Waals surface area contributed by atoms with E-state index in [9.17, 15) is 0 Å². The number of hydrogen-bond acceptors (Lipinski definition) is 2. The van der Waals surface area contributed by atoms with Crippen LogP contribution in [0.4, 0.5) is 0 Å². The Labute approximate surface area is 92.6 Å². The van der Waals surface area contributed by atoms with Crippen molar-refractivity contribution in [3.63, 3.8) is 0 Å². The van der Waals surface area contributed by atoms with Crippen LogP contribution in [-0.2, 0) is 11.2 Å². The van der Waals surface area contributed by atoms with Gasteiger partial charge >= 0.3 is 0 Å². The van der Waals surface area contributed by atoms with Gasteiger partial charge < -0.3 is 10.1 Å². The van der Waals surface area contributed by atoms with E-state index in [2.05, 4.69) is 36.5 Å². The molecule has 0 saturated carbocycles. The first-order valence-corrected chi connectivity index (χ1v) is 5.63. The van der Waals surface area contributed by atoms with Gasteiger partial charge in [0.25, 0.3) is 0 Å². The highest BCUT2D eigenvalue weighted by molar-refractivity contribution is 5.15. The lowest BCUT2D eigenvalue weighted by molar-refractivity contribution is 0.166. The Hall–Kier alpha value is -0.860. The Morgan fingerprint density at radius 1 is 1.27 bits per heavy atom. The van der Waals surface area contributed by atoms with Gasteiger partial charge in [-0.05, 0) is 24.9 Å². The molecule has 0 spiro atoms. The van der Waals surface area contributed by atoms with Crippen molar-refractivity contribution in [2.45, 2.75) is 25.8 Å². The summed E-state index contributed by atoms with van der Waals surface area (Å²) in [6.07, 6.45) is 2.20. The monoisotopic (exact) mass is 207 g/mol. The normalized spacial score (nSPS) is 12.7. The molecule has 1 aromatic carbocycles. The van der Waals surface area contributed by atoms with Gasteiger partial charge in [-0.25, -0.2) is 0 Å². The molecule has 1 rings (SSSR count). The fourth-order valence-corrected chi connectivity index (χ4v) is 1.64.